The maximum atomic E-state index is 13.2. The zero-order valence-corrected chi connectivity index (χ0v) is 20.3. The van der Waals surface area contributed by atoms with Crippen LogP contribution in [0.1, 0.15) is 11.5 Å². The second-order valence-electron chi connectivity index (χ2n) is 8.28. The minimum Gasteiger partial charge on any atom is -0.475 e. The van der Waals surface area contributed by atoms with Gasteiger partial charge in [0, 0.05) is 11.3 Å². The van der Waals surface area contributed by atoms with Crippen LogP contribution in [0.2, 0.25) is 0 Å². The first-order valence-electron chi connectivity index (χ1n) is 11.7. The number of rotatable bonds is 9. The number of H-pyrrole nitrogens is 1. The standard InChI is InChI=1S/C26H23FN8O3/c1-15-3-2-4-19(32-15)25-24(34-22(35-25)13-31-21-8-6-17(27)12-30-21)16-5-7-18-20(11-16)33-23(14-29-18)38-10-9-28-26(36)37/h2-8,11-12,14,28H,9-10,13H2,1H3,(H,30,31)(H,34,35)(H,36,37). The van der Waals surface area contributed by atoms with Crippen molar-refractivity contribution in [1.29, 1.82) is 0 Å². The predicted molar refractivity (Wildman–Crippen MR) is 138 cm³/mol. The molecule has 4 aromatic heterocycles. The Kier molecular flexibility index (Phi) is 7.02. The quantitative estimate of drug-likeness (QED) is 0.212. The van der Waals surface area contributed by atoms with Gasteiger partial charge in [-0.05, 0) is 43.3 Å². The van der Waals surface area contributed by atoms with Crippen LogP contribution in [0.4, 0.5) is 15.0 Å². The lowest BCUT2D eigenvalue weighted by molar-refractivity contribution is 0.190. The van der Waals surface area contributed by atoms with Gasteiger partial charge in [-0.25, -0.2) is 29.1 Å². The molecule has 1 amide bonds. The average molecular weight is 515 g/mol. The zero-order chi connectivity index (χ0) is 26.5. The molecule has 0 bridgehead atoms. The number of carbonyl (C=O) groups is 1. The van der Waals surface area contributed by atoms with E-state index in [1.807, 2.05) is 43.3 Å². The number of amides is 1. The molecule has 4 N–H and O–H groups in total. The summed E-state index contributed by atoms with van der Waals surface area (Å²) in [6, 6.07) is 14.3. The van der Waals surface area contributed by atoms with Gasteiger partial charge in [0.15, 0.2) is 0 Å². The highest BCUT2D eigenvalue weighted by Gasteiger charge is 2.17. The number of pyridine rings is 2. The number of anilines is 1. The Balaban J connectivity index is 1.46. The van der Waals surface area contributed by atoms with E-state index >= 15 is 0 Å². The third kappa shape index (κ3) is 5.81. The number of hydrogen-bond donors (Lipinski definition) is 4. The van der Waals surface area contributed by atoms with Crippen LogP contribution in [0.3, 0.4) is 0 Å². The molecule has 5 rings (SSSR count). The van der Waals surface area contributed by atoms with E-state index in [-0.39, 0.29) is 19.0 Å². The monoisotopic (exact) mass is 514 g/mol. The van der Waals surface area contributed by atoms with E-state index in [4.69, 9.17) is 14.8 Å². The number of halogens is 1. The minimum absolute atomic E-state index is 0.119. The van der Waals surface area contributed by atoms with Crippen LogP contribution in [-0.2, 0) is 6.54 Å². The van der Waals surface area contributed by atoms with Crippen LogP contribution in [-0.4, -0.2) is 54.3 Å². The molecule has 192 valence electrons. The van der Waals surface area contributed by atoms with E-state index in [9.17, 15) is 9.18 Å². The van der Waals surface area contributed by atoms with Gasteiger partial charge >= 0.3 is 6.09 Å². The smallest absolute Gasteiger partial charge is 0.404 e. The van der Waals surface area contributed by atoms with Crippen LogP contribution < -0.4 is 15.4 Å². The summed E-state index contributed by atoms with van der Waals surface area (Å²) in [5.74, 6) is 1.03. The van der Waals surface area contributed by atoms with Crippen molar-refractivity contribution in [3.8, 4) is 28.5 Å². The lowest BCUT2D eigenvalue weighted by Gasteiger charge is -2.07. The SMILES string of the molecule is Cc1cccc(-c2[nH]c(CNc3ccc(F)cn3)nc2-c2ccc3ncc(OCCNC(=O)O)nc3c2)n1. The van der Waals surface area contributed by atoms with E-state index in [2.05, 4.69) is 35.6 Å². The van der Waals surface area contributed by atoms with E-state index in [1.165, 1.54) is 12.3 Å². The molecular weight excluding hydrogens is 491 g/mol. The molecule has 0 fully saturated rings. The molecule has 11 nitrogen and oxygen atoms in total. The van der Waals surface area contributed by atoms with E-state index in [0.29, 0.717) is 34.9 Å². The molecule has 5 aromatic rings. The van der Waals surface area contributed by atoms with Crippen molar-refractivity contribution in [1.82, 2.24) is 35.2 Å². The number of ether oxygens (including phenoxy) is 1. The third-order valence-electron chi connectivity index (χ3n) is 5.48. The highest BCUT2D eigenvalue weighted by molar-refractivity contribution is 5.85. The first-order chi connectivity index (χ1) is 18.4. The first kappa shape index (κ1) is 24.6. The van der Waals surface area contributed by atoms with Gasteiger partial charge in [-0.3, -0.25) is 4.98 Å². The zero-order valence-electron chi connectivity index (χ0n) is 20.3. The second-order valence-corrected chi connectivity index (χ2v) is 8.28. The number of aromatic nitrogens is 6. The Labute approximate surface area is 216 Å². The van der Waals surface area contributed by atoms with Gasteiger partial charge < -0.3 is 25.5 Å². The Bertz CT molecular complexity index is 1590. The largest absolute Gasteiger partial charge is 0.475 e. The lowest BCUT2D eigenvalue weighted by atomic mass is 10.1. The van der Waals surface area contributed by atoms with Crippen LogP contribution >= 0.6 is 0 Å². The van der Waals surface area contributed by atoms with Crippen LogP contribution in [0, 0.1) is 12.7 Å². The number of nitrogens with one attached hydrogen (secondary N) is 3. The first-order valence-corrected chi connectivity index (χ1v) is 11.7. The van der Waals surface area contributed by atoms with Crippen molar-refractivity contribution in [3.63, 3.8) is 0 Å². The predicted octanol–water partition coefficient (Wildman–Crippen LogP) is 4.18. The number of imidazole rings is 1. The number of carboxylic acid groups (broad SMARTS) is 1. The van der Waals surface area contributed by atoms with Crippen molar-refractivity contribution in [2.75, 3.05) is 18.5 Å². The summed E-state index contributed by atoms with van der Waals surface area (Å²) in [5, 5.41) is 14.1. The highest BCUT2D eigenvalue weighted by atomic mass is 19.1. The van der Waals surface area contributed by atoms with Gasteiger partial charge in [0.05, 0.1) is 53.6 Å². The molecular formula is C26H23FN8O3. The molecule has 0 saturated carbocycles. The van der Waals surface area contributed by atoms with Gasteiger partial charge in [-0.15, -0.1) is 0 Å². The maximum Gasteiger partial charge on any atom is 0.404 e. The maximum absolute atomic E-state index is 13.2. The van der Waals surface area contributed by atoms with E-state index < -0.39 is 11.9 Å². The Morgan fingerprint density at radius 2 is 1.95 bits per heavy atom. The number of aryl methyl sites for hydroxylation is 1. The van der Waals surface area contributed by atoms with Gasteiger partial charge in [0.2, 0.25) is 5.88 Å². The van der Waals surface area contributed by atoms with Gasteiger partial charge in [-0.2, -0.15) is 0 Å². The molecule has 12 heteroatoms. The normalized spacial score (nSPS) is 10.9. The molecule has 0 unspecified atom stereocenters. The summed E-state index contributed by atoms with van der Waals surface area (Å²) in [5.41, 5.74) is 5.05. The summed E-state index contributed by atoms with van der Waals surface area (Å²) < 4.78 is 18.7. The molecule has 38 heavy (non-hydrogen) atoms. The van der Waals surface area contributed by atoms with Crippen molar-refractivity contribution in [2.24, 2.45) is 0 Å². The molecule has 0 spiro atoms. The molecule has 0 atom stereocenters. The fourth-order valence-electron chi connectivity index (χ4n) is 3.76. The molecule has 0 radical (unpaired) electrons. The van der Waals surface area contributed by atoms with Crippen molar-refractivity contribution >= 4 is 22.9 Å². The van der Waals surface area contributed by atoms with Crippen LogP contribution in [0.15, 0.2) is 60.9 Å². The average Bonchev–Trinajstić information content (AvgIpc) is 3.35. The summed E-state index contributed by atoms with van der Waals surface area (Å²) in [6.07, 6.45) is 1.52. The number of hydrogen-bond acceptors (Lipinski definition) is 8. The molecule has 4 heterocycles. The number of nitrogens with zero attached hydrogens (tertiary/aromatic N) is 5. The number of benzene rings is 1. The van der Waals surface area contributed by atoms with Crippen LogP contribution in [0.5, 0.6) is 5.88 Å². The molecule has 0 saturated heterocycles. The number of aromatic amines is 1. The van der Waals surface area contributed by atoms with Crippen molar-refractivity contribution in [2.45, 2.75) is 13.5 Å². The third-order valence-corrected chi connectivity index (χ3v) is 5.48. The fourth-order valence-corrected chi connectivity index (χ4v) is 3.76. The lowest BCUT2D eigenvalue weighted by Crippen LogP contribution is -2.26. The van der Waals surface area contributed by atoms with Gasteiger partial charge in [0.25, 0.3) is 0 Å². The number of fused-ring (bicyclic) bond motifs is 1. The summed E-state index contributed by atoms with van der Waals surface area (Å²) in [6.45, 7) is 2.49. The Hall–Kier alpha value is -5.13. The topological polar surface area (TPSA) is 151 Å². The minimum atomic E-state index is -1.12. The summed E-state index contributed by atoms with van der Waals surface area (Å²) in [4.78, 5) is 36.4. The van der Waals surface area contributed by atoms with Gasteiger partial charge in [-0.1, -0.05) is 12.1 Å². The molecule has 0 aliphatic carbocycles. The fraction of sp³-hybridized carbons (Fsp3) is 0.154. The van der Waals surface area contributed by atoms with E-state index in [0.717, 1.165) is 28.8 Å². The summed E-state index contributed by atoms with van der Waals surface area (Å²) >= 11 is 0. The Morgan fingerprint density at radius 1 is 1.05 bits per heavy atom. The van der Waals surface area contributed by atoms with Crippen molar-refractivity contribution in [3.05, 3.63) is 78.3 Å². The van der Waals surface area contributed by atoms with E-state index in [1.54, 1.807) is 6.07 Å². The molecule has 0 aliphatic rings. The summed E-state index contributed by atoms with van der Waals surface area (Å²) in [7, 11) is 0. The molecule has 1 aromatic carbocycles. The molecule has 0 aliphatic heterocycles. The van der Waals surface area contributed by atoms with Gasteiger partial charge in [0.1, 0.15) is 24.1 Å². The van der Waals surface area contributed by atoms with Crippen LogP contribution in [0.25, 0.3) is 33.7 Å². The second kappa shape index (κ2) is 10.9. The highest BCUT2D eigenvalue weighted by Crippen LogP contribution is 2.31. The Morgan fingerprint density at radius 3 is 2.74 bits per heavy atom. The van der Waals surface area contributed by atoms with Crippen molar-refractivity contribution < 1.29 is 19.0 Å².